The Kier molecular flexibility index (Phi) is 5.10. The Morgan fingerprint density at radius 3 is 2.52 bits per heavy atom. The molecule has 0 aromatic carbocycles. The average molecular weight is 399 g/mol. The van der Waals surface area contributed by atoms with Crippen LogP contribution < -0.4 is 4.74 Å². The summed E-state index contributed by atoms with van der Waals surface area (Å²) in [6.45, 7) is 6.62. The number of halogens is 1. The highest BCUT2D eigenvalue weighted by Gasteiger charge is 2.19. The van der Waals surface area contributed by atoms with Crippen LogP contribution in [-0.4, -0.2) is 22.1 Å². The molecule has 0 saturated heterocycles. The lowest BCUT2D eigenvalue weighted by Gasteiger charge is -2.18. The molecule has 21 heavy (non-hydrogen) atoms. The largest absolute Gasteiger partial charge is 0.437 e. The molecule has 2 rings (SSSR count). The monoisotopic (exact) mass is 399 g/mol. The number of hydrogen-bond acceptors (Lipinski definition) is 5. The maximum Gasteiger partial charge on any atom is 0.222 e. The minimum absolute atomic E-state index is 0.161. The molecule has 0 aliphatic heterocycles. The van der Waals surface area contributed by atoms with Crippen LogP contribution in [0.1, 0.15) is 32.3 Å². The third kappa shape index (κ3) is 4.60. The van der Waals surface area contributed by atoms with Crippen molar-refractivity contribution in [3.63, 3.8) is 0 Å². The smallest absolute Gasteiger partial charge is 0.222 e. The van der Waals surface area contributed by atoms with E-state index in [9.17, 15) is 0 Å². The molecule has 2 heterocycles. The van der Waals surface area contributed by atoms with E-state index in [1.54, 1.807) is 19.4 Å². The molecule has 0 radical (unpaired) electrons. The Bertz CT molecular complexity index is 609. The minimum atomic E-state index is -0.161. The Morgan fingerprint density at radius 2 is 1.95 bits per heavy atom. The lowest BCUT2D eigenvalue weighted by molar-refractivity contribution is 0.180. The van der Waals surface area contributed by atoms with E-state index in [4.69, 9.17) is 9.47 Å². The number of ether oxygens (including phenoxy) is 2. The Labute approximate surface area is 138 Å². The van der Waals surface area contributed by atoms with Crippen LogP contribution in [-0.2, 0) is 16.8 Å². The van der Waals surface area contributed by atoms with Gasteiger partial charge in [0.2, 0.25) is 5.88 Å². The Balaban J connectivity index is 2.33. The molecule has 0 aliphatic rings. The lowest BCUT2D eigenvalue weighted by Crippen LogP contribution is -2.17. The summed E-state index contributed by atoms with van der Waals surface area (Å²) < 4.78 is 11.9. The molecule has 0 atom stereocenters. The van der Waals surface area contributed by atoms with Crippen molar-refractivity contribution in [1.82, 2.24) is 15.0 Å². The predicted molar refractivity (Wildman–Crippen MR) is 88.5 cm³/mol. The third-order valence-corrected chi connectivity index (χ3v) is 3.28. The Hall–Kier alpha value is -1.28. The standard InChI is InChI=1S/C15H18IN3O2/c1-15(2,3)14-18-10(9-20-4)7-13(19-14)21-11-5-6-12(16)17-8-11/h5-8H,9H2,1-4H3. The van der Waals surface area contributed by atoms with Gasteiger partial charge in [-0.1, -0.05) is 20.8 Å². The quantitative estimate of drug-likeness (QED) is 0.580. The molecule has 2 aromatic rings. The number of pyridine rings is 1. The van der Waals surface area contributed by atoms with Crippen molar-refractivity contribution in [2.75, 3.05) is 7.11 Å². The molecule has 0 bridgehead atoms. The normalized spacial score (nSPS) is 11.5. The summed E-state index contributed by atoms with van der Waals surface area (Å²) in [4.78, 5) is 13.2. The van der Waals surface area contributed by atoms with E-state index in [1.807, 2.05) is 12.1 Å². The van der Waals surface area contributed by atoms with E-state index in [-0.39, 0.29) is 5.41 Å². The van der Waals surface area contributed by atoms with Crippen molar-refractivity contribution >= 4 is 22.6 Å². The summed E-state index contributed by atoms with van der Waals surface area (Å²) in [5.41, 5.74) is 0.637. The van der Waals surface area contributed by atoms with E-state index < -0.39 is 0 Å². The molecule has 112 valence electrons. The zero-order valence-corrected chi connectivity index (χ0v) is 14.7. The molecule has 0 unspecified atom stereocenters. The van der Waals surface area contributed by atoms with E-state index in [1.165, 1.54) is 0 Å². The second-order valence-corrected chi connectivity index (χ2v) is 6.73. The number of methoxy groups -OCH3 is 1. The second-order valence-electron chi connectivity index (χ2n) is 5.62. The zero-order valence-electron chi connectivity index (χ0n) is 12.6. The summed E-state index contributed by atoms with van der Waals surface area (Å²) >= 11 is 2.15. The summed E-state index contributed by atoms with van der Waals surface area (Å²) in [5.74, 6) is 1.88. The van der Waals surface area contributed by atoms with Crippen LogP contribution in [0.4, 0.5) is 0 Å². The fourth-order valence-electron chi connectivity index (χ4n) is 1.63. The van der Waals surface area contributed by atoms with Crippen LogP contribution in [0.5, 0.6) is 11.6 Å². The topological polar surface area (TPSA) is 57.1 Å². The van der Waals surface area contributed by atoms with Crippen LogP contribution >= 0.6 is 22.6 Å². The molecule has 2 aromatic heterocycles. The zero-order chi connectivity index (χ0) is 15.5. The second kappa shape index (κ2) is 6.65. The van der Waals surface area contributed by atoms with Gasteiger partial charge in [-0.25, -0.2) is 9.97 Å². The van der Waals surface area contributed by atoms with E-state index in [2.05, 4.69) is 58.3 Å². The van der Waals surface area contributed by atoms with Gasteiger partial charge in [0.25, 0.3) is 0 Å². The van der Waals surface area contributed by atoms with Gasteiger partial charge in [0.05, 0.1) is 18.5 Å². The maximum absolute atomic E-state index is 5.78. The molecule has 0 aliphatic carbocycles. The molecule has 0 amide bonds. The highest BCUT2D eigenvalue weighted by atomic mass is 127. The summed E-state index contributed by atoms with van der Waals surface area (Å²) in [6, 6.07) is 5.54. The van der Waals surface area contributed by atoms with Crippen molar-refractivity contribution in [2.45, 2.75) is 32.8 Å². The average Bonchev–Trinajstić information content (AvgIpc) is 2.41. The van der Waals surface area contributed by atoms with Gasteiger partial charge in [0.15, 0.2) is 0 Å². The highest BCUT2D eigenvalue weighted by Crippen LogP contribution is 2.25. The van der Waals surface area contributed by atoms with Crippen LogP contribution in [0.15, 0.2) is 24.4 Å². The summed E-state index contributed by atoms with van der Waals surface area (Å²) in [6.07, 6.45) is 1.68. The van der Waals surface area contributed by atoms with Gasteiger partial charge >= 0.3 is 0 Å². The first kappa shape index (κ1) is 16.1. The fourth-order valence-corrected chi connectivity index (χ4v) is 1.94. The van der Waals surface area contributed by atoms with Gasteiger partial charge < -0.3 is 9.47 Å². The van der Waals surface area contributed by atoms with Gasteiger partial charge in [0.1, 0.15) is 15.3 Å². The predicted octanol–water partition coefficient (Wildman–Crippen LogP) is 3.71. The molecule has 0 saturated carbocycles. The van der Waals surface area contributed by atoms with Crippen molar-refractivity contribution in [1.29, 1.82) is 0 Å². The molecule has 6 heteroatoms. The molecule has 0 N–H and O–H groups in total. The van der Waals surface area contributed by atoms with Gasteiger partial charge in [-0.05, 0) is 34.7 Å². The van der Waals surface area contributed by atoms with E-state index in [0.29, 0.717) is 18.2 Å². The number of rotatable bonds is 4. The van der Waals surface area contributed by atoms with Gasteiger partial charge in [-0.2, -0.15) is 4.98 Å². The highest BCUT2D eigenvalue weighted by molar-refractivity contribution is 14.1. The lowest BCUT2D eigenvalue weighted by atomic mass is 9.95. The van der Waals surface area contributed by atoms with Gasteiger partial charge in [-0.3, -0.25) is 0 Å². The molecular formula is C15H18IN3O2. The van der Waals surface area contributed by atoms with Crippen LogP contribution in [0.2, 0.25) is 0 Å². The van der Waals surface area contributed by atoms with Crippen molar-refractivity contribution < 1.29 is 9.47 Å². The van der Waals surface area contributed by atoms with Crippen LogP contribution in [0.3, 0.4) is 0 Å². The summed E-state index contributed by atoms with van der Waals surface area (Å²) in [7, 11) is 1.64. The van der Waals surface area contributed by atoms with E-state index >= 15 is 0 Å². The third-order valence-electron chi connectivity index (χ3n) is 2.64. The molecule has 0 fully saturated rings. The number of aromatic nitrogens is 3. The number of nitrogens with zero attached hydrogens (tertiary/aromatic N) is 3. The minimum Gasteiger partial charge on any atom is -0.437 e. The Morgan fingerprint density at radius 1 is 1.19 bits per heavy atom. The van der Waals surface area contributed by atoms with Gasteiger partial charge in [0, 0.05) is 18.6 Å². The SMILES string of the molecule is COCc1cc(Oc2ccc(I)nc2)nc(C(C)(C)C)n1. The van der Waals surface area contributed by atoms with Crippen LogP contribution in [0, 0.1) is 3.70 Å². The molecule has 0 spiro atoms. The van der Waals surface area contributed by atoms with Crippen molar-refractivity contribution in [3.05, 3.63) is 39.6 Å². The number of hydrogen-bond donors (Lipinski definition) is 0. The van der Waals surface area contributed by atoms with E-state index in [0.717, 1.165) is 15.2 Å². The molecule has 5 nitrogen and oxygen atoms in total. The van der Waals surface area contributed by atoms with Crippen LogP contribution in [0.25, 0.3) is 0 Å². The first-order valence-electron chi connectivity index (χ1n) is 6.55. The first-order valence-corrected chi connectivity index (χ1v) is 7.63. The molecular weight excluding hydrogens is 381 g/mol. The van der Waals surface area contributed by atoms with Crippen molar-refractivity contribution in [3.8, 4) is 11.6 Å². The first-order chi connectivity index (χ1) is 9.88. The van der Waals surface area contributed by atoms with Gasteiger partial charge in [-0.15, -0.1) is 0 Å². The summed E-state index contributed by atoms with van der Waals surface area (Å²) in [5, 5.41) is 0. The van der Waals surface area contributed by atoms with Crippen molar-refractivity contribution in [2.24, 2.45) is 0 Å². The maximum atomic E-state index is 5.78. The fraction of sp³-hybridized carbons (Fsp3) is 0.400.